The highest BCUT2D eigenvalue weighted by molar-refractivity contribution is 7.99. The molecule has 1 aromatic carbocycles. The third-order valence-corrected chi connectivity index (χ3v) is 3.28. The summed E-state index contributed by atoms with van der Waals surface area (Å²) in [7, 11) is 0. The van der Waals surface area contributed by atoms with Gasteiger partial charge in [0.15, 0.2) is 0 Å². The van der Waals surface area contributed by atoms with Crippen molar-refractivity contribution in [3.63, 3.8) is 0 Å². The molecule has 1 aromatic rings. The van der Waals surface area contributed by atoms with Gasteiger partial charge < -0.3 is 9.47 Å². The van der Waals surface area contributed by atoms with Gasteiger partial charge in [-0.2, -0.15) is 0 Å². The summed E-state index contributed by atoms with van der Waals surface area (Å²) in [5.41, 5.74) is 0. The number of esters is 1. The molecule has 2 rings (SSSR count). The summed E-state index contributed by atoms with van der Waals surface area (Å²) in [4.78, 5) is 11.5. The number of thioether (sulfide) groups is 1. The number of rotatable bonds is 5. The molecule has 4 nitrogen and oxygen atoms in total. The van der Waals surface area contributed by atoms with Gasteiger partial charge in [-0.05, 0) is 12.1 Å². The van der Waals surface area contributed by atoms with Crippen LogP contribution in [-0.4, -0.2) is 36.9 Å². The van der Waals surface area contributed by atoms with Crippen molar-refractivity contribution < 1.29 is 14.3 Å². The van der Waals surface area contributed by atoms with E-state index in [1.54, 1.807) is 11.8 Å². The molecule has 0 radical (unpaired) electrons. The summed E-state index contributed by atoms with van der Waals surface area (Å²) in [6.45, 7) is 0.673. The Balaban J connectivity index is 1.61. The van der Waals surface area contributed by atoms with E-state index in [4.69, 9.17) is 9.47 Å². The molecule has 1 aliphatic rings. The van der Waals surface area contributed by atoms with Gasteiger partial charge >= 0.3 is 5.97 Å². The zero-order valence-electron chi connectivity index (χ0n) is 9.43. The highest BCUT2D eigenvalue weighted by atomic mass is 32.2. The summed E-state index contributed by atoms with van der Waals surface area (Å²) in [6, 6.07) is 9.32. The van der Waals surface area contributed by atoms with E-state index in [2.05, 4.69) is 5.32 Å². The Hall–Kier alpha value is -1.20. The molecule has 0 bridgehead atoms. The third-order valence-electron chi connectivity index (χ3n) is 2.34. The van der Waals surface area contributed by atoms with Crippen molar-refractivity contribution in [1.29, 1.82) is 0 Å². The third kappa shape index (κ3) is 3.94. The summed E-state index contributed by atoms with van der Waals surface area (Å²) < 4.78 is 10.5. The van der Waals surface area contributed by atoms with Gasteiger partial charge in [-0.25, -0.2) is 0 Å². The largest absolute Gasteiger partial charge is 0.490 e. The Labute approximate surface area is 105 Å². The molecule has 1 aliphatic heterocycles. The number of carbonyl (C=O) groups excluding carboxylic acids is 1. The Bertz CT molecular complexity index is 352. The minimum Gasteiger partial charge on any atom is -0.490 e. The Kier molecular flexibility index (Phi) is 4.70. The molecule has 0 aliphatic carbocycles. The Morgan fingerprint density at radius 2 is 2.18 bits per heavy atom. The van der Waals surface area contributed by atoms with Crippen molar-refractivity contribution >= 4 is 17.7 Å². The van der Waals surface area contributed by atoms with E-state index in [0.29, 0.717) is 6.61 Å². The van der Waals surface area contributed by atoms with Gasteiger partial charge in [-0.3, -0.25) is 10.1 Å². The van der Waals surface area contributed by atoms with Gasteiger partial charge in [0.2, 0.25) is 0 Å². The zero-order chi connectivity index (χ0) is 11.9. The Morgan fingerprint density at radius 1 is 1.35 bits per heavy atom. The molecular weight excluding hydrogens is 238 g/mol. The predicted molar refractivity (Wildman–Crippen MR) is 67.1 cm³/mol. The second kappa shape index (κ2) is 6.51. The monoisotopic (exact) mass is 253 g/mol. The van der Waals surface area contributed by atoms with Crippen LogP contribution in [0.5, 0.6) is 5.75 Å². The van der Waals surface area contributed by atoms with Gasteiger partial charge in [0.05, 0.1) is 0 Å². The molecule has 1 N–H and O–H groups in total. The molecule has 0 aromatic heterocycles. The van der Waals surface area contributed by atoms with E-state index >= 15 is 0 Å². The number of hydrogen-bond donors (Lipinski definition) is 1. The maximum absolute atomic E-state index is 11.5. The summed E-state index contributed by atoms with van der Waals surface area (Å²) in [5, 5.41) is 3.06. The highest BCUT2D eigenvalue weighted by Gasteiger charge is 2.23. The molecule has 1 atom stereocenters. The lowest BCUT2D eigenvalue weighted by Gasteiger charge is -2.10. The molecular formula is C12H15NO3S. The highest BCUT2D eigenvalue weighted by Crippen LogP contribution is 2.11. The fraction of sp³-hybridized carbons (Fsp3) is 0.417. The van der Waals surface area contributed by atoms with Crippen LogP contribution in [-0.2, 0) is 9.53 Å². The molecule has 1 fully saturated rings. The lowest BCUT2D eigenvalue weighted by Crippen LogP contribution is -2.35. The molecule has 0 unspecified atom stereocenters. The molecule has 0 spiro atoms. The first-order valence-corrected chi connectivity index (χ1v) is 6.67. The minimum absolute atomic E-state index is 0.156. The van der Waals surface area contributed by atoms with Crippen LogP contribution in [0, 0.1) is 0 Å². The first-order valence-electron chi connectivity index (χ1n) is 5.52. The predicted octanol–water partition coefficient (Wildman–Crippen LogP) is 1.27. The topological polar surface area (TPSA) is 47.6 Å². The van der Waals surface area contributed by atoms with E-state index < -0.39 is 0 Å². The minimum atomic E-state index is -0.188. The summed E-state index contributed by atoms with van der Waals surface area (Å²) in [5.74, 6) is 2.21. The van der Waals surface area contributed by atoms with Gasteiger partial charge in [0, 0.05) is 11.6 Å². The summed E-state index contributed by atoms with van der Waals surface area (Å²) >= 11 is 1.70. The van der Waals surface area contributed by atoms with Gasteiger partial charge in [-0.15, -0.1) is 11.8 Å². The van der Waals surface area contributed by atoms with Crippen LogP contribution in [0.1, 0.15) is 0 Å². The second-order valence-electron chi connectivity index (χ2n) is 3.60. The van der Waals surface area contributed by atoms with E-state index in [1.165, 1.54) is 0 Å². The molecule has 92 valence electrons. The van der Waals surface area contributed by atoms with Crippen LogP contribution in [0.3, 0.4) is 0 Å². The fourth-order valence-electron chi connectivity index (χ4n) is 1.47. The number of nitrogens with one attached hydrogen (secondary N) is 1. The smallest absolute Gasteiger partial charge is 0.324 e. The molecule has 0 saturated carbocycles. The number of para-hydroxylation sites is 1. The van der Waals surface area contributed by atoms with Crippen molar-refractivity contribution in [2.75, 3.05) is 24.8 Å². The first kappa shape index (κ1) is 12.3. The quantitative estimate of drug-likeness (QED) is 0.632. The average molecular weight is 253 g/mol. The standard InChI is InChI=1S/C12H15NO3S/c14-12(11-8-17-9-13-11)16-7-6-15-10-4-2-1-3-5-10/h1-5,11,13H,6-9H2/t11-/m0/s1. The van der Waals surface area contributed by atoms with Crippen LogP contribution in [0.2, 0.25) is 0 Å². The van der Waals surface area contributed by atoms with Gasteiger partial charge in [0.25, 0.3) is 0 Å². The van der Waals surface area contributed by atoms with Gasteiger partial charge in [-0.1, -0.05) is 18.2 Å². The van der Waals surface area contributed by atoms with Crippen molar-refractivity contribution in [1.82, 2.24) is 5.32 Å². The molecule has 0 amide bonds. The Morgan fingerprint density at radius 3 is 2.88 bits per heavy atom. The van der Waals surface area contributed by atoms with Crippen molar-refractivity contribution in [2.24, 2.45) is 0 Å². The number of ether oxygens (including phenoxy) is 2. The van der Waals surface area contributed by atoms with Crippen molar-refractivity contribution in [3.05, 3.63) is 30.3 Å². The number of hydrogen-bond acceptors (Lipinski definition) is 5. The average Bonchev–Trinajstić information content (AvgIpc) is 2.89. The van der Waals surface area contributed by atoms with Crippen LogP contribution in [0.25, 0.3) is 0 Å². The van der Waals surface area contributed by atoms with Crippen LogP contribution < -0.4 is 10.1 Å². The summed E-state index contributed by atoms with van der Waals surface area (Å²) in [6.07, 6.45) is 0. The van der Waals surface area contributed by atoms with Crippen LogP contribution >= 0.6 is 11.8 Å². The van der Waals surface area contributed by atoms with E-state index in [1.807, 2.05) is 30.3 Å². The van der Waals surface area contributed by atoms with Crippen LogP contribution in [0.15, 0.2) is 30.3 Å². The molecule has 1 heterocycles. The molecule has 1 saturated heterocycles. The lowest BCUT2D eigenvalue weighted by molar-refractivity contribution is -0.146. The molecule has 5 heteroatoms. The number of carbonyl (C=O) groups is 1. The molecule has 17 heavy (non-hydrogen) atoms. The first-order chi connectivity index (χ1) is 8.36. The SMILES string of the molecule is O=C(OCCOc1ccccc1)[C@@H]1CSCN1. The van der Waals surface area contributed by atoms with E-state index in [-0.39, 0.29) is 18.6 Å². The van der Waals surface area contributed by atoms with Crippen molar-refractivity contribution in [2.45, 2.75) is 6.04 Å². The van der Waals surface area contributed by atoms with E-state index in [0.717, 1.165) is 17.4 Å². The maximum Gasteiger partial charge on any atom is 0.324 e. The lowest BCUT2D eigenvalue weighted by atomic mass is 10.3. The number of benzene rings is 1. The normalized spacial score (nSPS) is 18.9. The second-order valence-corrected chi connectivity index (χ2v) is 4.63. The zero-order valence-corrected chi connectivity index (χ0v) is 10.2. The van der Waals surface area contributed by atoms with Gasteiger partial charge in [0.1, 0.15) is 25.0 Å². The maximum atomic E-state index is 11.5. The fourth-order valence-corrected chi connectivity index (χ4v) is 2.39. The van der Waals surface area contributed by atoms with E-state index in [9.17, 15) is 4.79 Å². The van der Waals surface area contributed by atoms with Crippen LogP contribution in [0.4, 0.5) is 0 Å². The van der Waals surface area contributed by atoms with Crippen molar-refractivity contribution in [3.8, 4) is 5.75 Å².